The summed E-state index contributed by atoms with van der Waals surface area (Å²) in [6.07, 6.45) is 3.90. The lowest BCUT2D eigenvalue weighted by molar-refractivity contribution is 0.239. The standard InChI is InChI=1S/C18H20N4S/c1-2-13-3-5-14(6-4-13)18-21-15(11-23-18)9-22-8-7-16-17(10-22)20-12-19-16/h3-6,11-12H,2,7-10H2,1H3,(H,19,20). The van der Waals surface area contributed by atoms with Gasteiger partial charge in [0.2, 0.25) is 0 Å². The normalized spacial score (nSPS) is 14.8. The number of aryl methyl sites for hydroxylation is 1. The van der Waals surface area contributed by atoms with E-state index in [0.29, 0.717) is 0 Å². The molecule has 1 aliphatic heterocycles. The Kier molecular flexibility index (Phi) is 3.97. The van der Waals surface area contributed by atoms with Crippen molar-refractivity contribution in [3.8, 4) is 10.6 Å². The molecule has 0 saturated heterocycles. The lowest BCUT2D eigenvalue weighted by Crippen LogP contribution is -2.30. The van der Waals surface area contributed by atoms with Crippen molar-refractivity contribution in [1.29, 1.82) is 0 Å². The molecule has 1 aromatic carbocycles. The van der Waals surface area contributed by atoms with Crippen molar-refractivity contribution in [2.75, 3.05) is 6.54 Å². The van der Waals surface area contributed by atoms with Crippen molar-refractivity contribution < 1.29 is 0 Å². The highest BCUT2D eigenvalue weighted by Crippen LogP contribution is 2.25. The molecule has 3 aromatic rings. The Morgan fingerprint density at radius 2 is 2.13 bits per heavy atom. The number of rotatable bonds is 4. The van der Waals surface area contributed by atoms with Gasteiger partial charge in [-0.05, 0) is 12.0 Å². The highest BCUT2D eigenvalue weighted by molar-refractivity contribution is 7.13. The lowest BCUT2D eigenvalue weighted by Gasteiger charge is -2.25. The number of nitrogens with one attached hydrogen (secondary N) is 1. The van der Waals surface area contributed by atoms with E-state index in [-0.39, 0.29) is 0 Å². The molecule has 0 saturated carbocycles. The van der Waals surface area contributed by atoms with E-state index in [9.17, 15) is 0 Å². The molecule has 0 fully saturated rings. The predicted octanol–water partition coefficient (Wildman–Crippen LogP) is 3.65. The van der Waals surface area contributed by atoms with Crippen LogP contribution in [0.4, 0.5) is 0 Å². The van der Waals surface area contributed by atoms with Gasteiger partial charge in [-0.15, -0.1) is 11.3 Å². The van der Waals surface area contributed by atoms with E-state index in [2.05, 4.69) is 51.4 Å². The number of H-pyrrole nitrogens is 1. The largest absolute Gasteiger partial charge is 0.347 e. The molecule has 0 amide bonds. The molecule has 0 unspecified atom stereocenters. The van der Waals surface area contributed by atoms with E-state index in [0.717, 1.165) is 43.2 Å². The lowest BCUT2D eigenvalue weighted by atomic mass is 10.1. The Hall–Kier alpha value is -1.98. The first-order chi connectivity index (χ1) is 11.3. The molecule has 0 atom stereocenters. The SMILES string of the molecule is CCc1ccc(-c2nc(CN3CCc4nc[nH]c4C3)cs2)cc1. The summed E-state index contributed by atoms with van der Waals surface area (Å²) in [5.74, 6) is 0. The fourth-order valence-corrected chi connectivity index (χ4v) is 3.84. The Bertz CT molecular complexity index is 787. The molecule has 4 rings (SSSR count). The van der Waals surface area contributed by atoms with E-state index in [1.54, 1.807) is 17.7 Å². The zero-order chi connectivity index (χ0) is 15.6. The van der Waals surface area contributed by atoms with Gasteiger partial charge in [-0.25, -0.2) is 9.97 Å². The third-order valence-corrected chi connectivity index (χ3v) is 5.34. The zero-order valence-corrected chi connectivity index (χ0v) is 14.1. The molecule has 0 radical (unpaired) electrons. The molecule has 118 valence electrons. The second kappa shape index (κ2) is 6.26. The molecule has 1 aliphatic rings. The van der Waals surface area contributed by atoms with E-state index in [1.165, 1.54) is 22.5 Å². The van der Waals surface area contributed by atoms with Crippen LogP contribution in [0.2, 0.25) is 0 Å². The van der Waals surface area contributed by atoms with Crippen molar-refractivity contribution >= 4 is 11.3 Å². The molecule has 0 aliphatic carbocycles. The van der Waals surface area contributed by atoms with Crippen molar-refractivity contribution in [2.45, 2.75) is 32.9 Å². The summed E-state index contributed by atoms with van der Waals surface area (Å²) in [7, 11) is 0. The first kappa shape index (κ1) is 14.6. The van der Waals surface area contributed by atoms with Crippen molar-refractivity contribution in [3.05, 3.63) is 58.6 Å². The third-order valence-electron chi connectivity index (χ3n) is 4.40. The number of imidazole rings is 1. The van der Waals surface area contributed by atoms with Gasteiger partial charge in [0, 0.05) is 37.0 Å². The maximum absolute atomic E-state index is 4.82. The van der Waals surface area contributed by atoms with Crippen LogP contribution >= 0.6 is 11.3 Å². The minimum Gasteiger partial charge on any atom is -0.347 e. The predicted molar refractivity (Wildman–Crippen MR) is 93.3 cm³/mol. The summed E-state index contributed by atoms with van der Waals surface area (Å²) >= 11 is 1.73. The topological polar surface area (TPSA) is 44.8 Å². The maximum Gasteiger partial charge on any atom is 0.123 e. The number of fused-ring (bicyclic) bond motifs is 1. The number of benzene rings is 1. The summed E-state index contributed by atoms with van der Waals surface area (Å²) in [6.45, 7) is 5.07. The van der Waals surface area contributed by atoms with Crippen molar-refractivity contribution in [1.82, 2.24) is 19.9 Å². The third kappa shape index (κ3) is 3.07. The number of hydrogen-bond acceptors (Lipinski definition) is 4. The van der Waals surface area contributed by atoms with Gasteiger partial charge in [-0.3, -0.25) is 4.90 Å². The summed E-state index contributed by atoms with van der Waals surface area (Å²) in [5, 5.41) is 3.30. The fraction of sp³-hybridized carbons (Fsp3) is 0.333. The molecular formula is C18H20N4S. The number of nitrogens with zero attached hydrogens (tertiary/aromatic N) is 3. The van der Waals surface area contributed by atoms with Crippen molar-refractivity contribution in [2.24, 2.45) is 0 Å². The maximum atomic E-state index is 4.82. The van der Waals surface area contributed by atoms with E-state index in [4.69, 9.17) is 4.98 Å². The minimum absolute atomic E-state index is 0.905. The Balaban J connectivity index is 1.46. The molecule has 0 bridgehead atoms. The minimum atomic E-state index is 0.905. The van der Waals surface area contributed by atoms with Crippen LogP contribution in [-0.2, 0) is 25.9 Å². The van der Waals surface area contributed by atoms with Crippen LogP contribution in [0.1, 0.15) is 29.6 Å². The van der Waals surface area contributed by atoms with Gasteiger partial charge in [-0.2, -0.15) is 0 Å². The number of aromatic nitrogens is 3. The van der Waals surface area contributed by atoms with Crippen LogP contribution in [-0.4, -0.2) is 26.4 Å². The monoisotopic (exact) mass is 324 g/mol. The summed E-state index contributed by atoms with van der Waals surface area (Å²) in [4.78, 5) is 14.9. The summed E-state index contributed by atoms with van der Waals surface area (Å²) < 4.78 is 0. The molecule has 5 heteroatoms. The first-order valence-electron chi connectivity index (χ1n) is 8.09. The van der Waals surface area contributed by atoms with E-state index < -0.39 is 0 Å². The summed E-state index contributed by atoms with van der Waals surface area (Å²) in [5.41, 5.74) is 6.22. The zero-order valence-electron chi connectivity index (χ0n) is 13.2. The van der Waals surface area contributed by atoms with Gasteiger partial charge in [0.05, 0.1) is 23.4 Å². The quantitative estimate of drug-likeness (QED) is 0.796. The highest BCUT2D eigenvalue weighted by atomic mass is 32.1. The van der Waals surface area contributed by atoms with E-state index in [1.807, 2.05) is 0 Å². The molecule has 3 heterocycles. The molecule has 23 heavy (non-hydrogen) atoms. The van der Waals surface area contributed by atoms with Crippen LogP contribution < -0.4 is 0 Å². The summed E-state index contributed by atoms with van der Waals surface area (Å²) in [6, 6.07) is 8.75. The Labute approximate surface area is 140 Å². The van der Waals surface area contributed by atoms with Crippen LogP contribution in [0.5, 0.6) is 0 Å². The van der Waals surface area contributed by atoms with Crippen molar-refractivity contribution in [3.63, 3.8) is 0 Å². The first-order valence-corrected chi connectivity index (χ1v) is 8.97. The number of aromatic amines is 1. The molecule has 1 N–H and O–H groups in total. The average molecular weight is 324 g/mol. The van der Waals surface area contributed by atoms with Gasteiger partial charge in [0.25, 0.3) is 0 Å². The number of thiazole rings is 1. The van der Waals surface area contributed by atoms with Crippen LogP contribution in [0.25, 0.3) is 10.6 Å². The van der Waals surface area contributed by atoms with Gasteiger partial charge >= 0.3 is 0 Å². The second-order valence-electron chi connectivity index (χ2n) is 5.98. The molecule has 0 spiro atoms. The van der Waals surface area contributed by atoms with Gasteiger partial charge in [0.15, 0.2) is 0 Å². The van der Waals surface area contributed by atoms with Crippen LogP contribution in [0, 0.1) is 0 Å². The van der Waals surface area contributed by atoms with Gasteiger partial charge < -0.3 is 4.98 Å². The van der Waals surface area contributed by atoms with Gasteiger partial charge in [0.1, 0.15) is 5.01 Å². The smallest absolute Gasteiger partial charge is 0.123 e. The Morgan fingerprint density at radius 3 is 2.96 bits per heavy atom. The second-order valence-corrected chi connectivity index (χ2v) is 6.84. The van der Waals surface area contributed by atoms with Crippen LogP contribution in [0.15, 0.2) is 36.0 Å². The number of hydrogen-bond donors (Lipinski definition) is 1. The molecule has 4 nitrogen and oxygen atoms in total. The van der Waals surface area contributed by atoms with Gasteiger partial charge in [-0.1, -0.05) is 31.2 Å². The Morgan fingerprint density at radius 1 is 1.26 bits per heavy atom. The fourth-order valence-electron chi connectivity index (χ4n) is 3.03. The molecule has 2 aromatic heterocycles. The van der Waals surface area contributed by atoms with E-state index >= 15 is 0 Å². The van der Waals surface area contributed by atoms with Crippen LogP contribution in [0.3, 0.4) is 0 Å². The molecular weight excluding hydrogens is 304 g/mol. The average Bonchev–Trinajstić information content (AvgIpc) is 3.24. The highest BCUT2D eigenvalue weighted by Gasteiger charge is 2.19.